The van der Waals surface area contributed by atoms with Crippen molar-refractivity contribution in [3.8, 4) is 0 Å². The molecule has 0 aromatic rings. The van der Waals surface area contributed by atoms with E-state index in [0.29, 0.717) is 0 Å². The van der Waals surface area contributed by atoms with Crippen molar-refractivity contribution < 1.29 is 17.1 Å². The van der Waals surface area contributed by atoms with E-state index in [1.165, 1.54) is 0 Å². The van der Waals surface area contributed by atoms with E-state index in [1.807, 2.05) is 13.1 Å². The van der Waals surface area contributed by atoms with Gasteiger partial charge in [0.05, 0.1) is 0 Å². The summed E-state index contributed by atoms with van der Waals surface area (Å²) in [5.74, 6) is 0. The van der Waals surface area contributed by atoms with Crippen LogP contribution in [0.4, 0.5) is 0 Å². The molecule has 0 atom stereocenters. The van der Waals surface area contributed by atoms with Crippen LogP contribution in [0.2, 0.25) is 82.6 Å². The number of hydrogen-bond acceptors (Lipinski definition) is 4. The van der Waals surface area contributed by atoms with Gasteiger partial charge in [-0.15, -0.1) is 0 Å². The predicted octanol–water partition coefficient (Wildman–Crippen LogP) is 8.53. The first-order valence-corrected chi connectivity index (χ1v) is 29.8. The zero-order valence-electron chi connectivity index (χ0n) is 21.8. The van der Waals surface area contributed by atoms with Gasteiger partial charge in [0, 0.05) is 22.0 Å². The van der Waals surface area contributed by atoms with Crippen LogP contribution in [0.1, 0.15) is 25.7 Å². The molecule has 1 N–H and O–H groups in total. The Labute approximate surface area is 229 Å². The molecule has 0 radical (unpaired) electrons. The second-order valence-corrected chi connectivity index (χ2v) is 34.2. The van der Waals surface area contributed by atoms with Crippen molar-refractivity contribution in [1.82, 2.24) is 0 Å². The Hall–Kier alpha value is 2.36. The fourth-order valence-corrected chi connectivity index (χ4v) is 25.5. The minimum Gasteiger partial charge on any atom is -0.432 e. The van der Waals surface area contributed by atoms with Gasteiger partial charge >= 0.3 is 8.80 Å². The molecule has 4 nitrogen and oxygen atoms in total. The lowest BCUT2D eigenvalue weighted by Crippen LogP contribution is -2.62. The van der Waals surface area contributed by atoms with Crippen LogP contribution in [-0.2, 0) is 12.3 Å². The highest BCUT2D eigenvalue weighted by Gasteiger charge is 2.52. The quantitative estimate of drug-likeness (QED) is 0.107. The van der Waals surface area contributed by atoms with Crippen LogP contribution in [0, 0.1) is 0 Å². The van der Waals surface area contributed by atoms with Crippen LogP contribution < -0.4 is 0 Å². The third-order valence-corrected chi connectivity index (χ3v) is 24.6. The van der Waals surface area contributed by atoms with Gasteiger partial charge in [-0.1, -0.05) is 47.8 Å². The molecule has 12 heteroatoms. The molecule has 0 aliphatic heterocycles. The van der Waals surface area contributed by atoms with Gasteiger partial charge in [-0.25, -0.2) is 0 Å². The molecule has 0 rings (SSSR count). The molecule has 0 aromatic heterocycles. The summed E-state index contributed by atoms with van der Waals surface area (Å²) in [5.41, 5.74) is 0. The molecule has 0 fully saturated rings. The Balaban J connectivity index is 6.06. The lowest BCUT2D eigenvalue weighted by atomic mass is 10.6. The third-order valence-electron chi connectivity index (χ3n) is 5.30. The van der Waals surface area contributed by atoms with Crippen LogP contribution in [0.5, 0.6) is 0 Å². The van der Waals surface area contributed by atoms with Crippen molar-refractivity contribution in [1.29, 1.82) is 0 Å². The first-order chi connectivity index (χ1) is 14.5. The highest BCUT2D eigenvalue weighted by atomic mass is 79.9. The summed E-state index contributed by atoms with van der Waals surface area (Å²) in [6, 6.07) is 5.02. The molecule has 0 bridgehead atoms. The smallest absolute Gasteiger partial charge is 0.432 e. The normalized spacial score (nSPS) is 14.2. The van der Waals surface area contributed by atoms with E-state index in [0.717, 1.165) is 71.9 Å². The zero-order chi connectivity index (χ0) is 25.1. The molecule has 0 spiro atoms. The Morgan fingerprint density at radius 2 is 0.812 bits per heavy atom. The van der Waals surface area contributed by atoms with Crippen LogP contribution in [0.3, 0.4) is 0 Å². The van der Waals surface area contributed by atoms with E-state index < -0.39 is 42.1 Å². The van der Waals surface area contributed by atoms with Crippen molar-refractivity contribution in [2.75, 3.05) is 16.0 Å². The summed E-state index contributed by atoms with van der Waals surface area (Å²) in [6.07, 6.45) is 4.29. The maximum atomic E-state index is 10.5. The van der Waals surface area contributed by atoms with Gasteiger partial charge in [0.2, 0.25) is 0 Å². The molecule has 0 aliphatic rings. The first kappa shape index (κ1) is 34.4. The first-order valence-electron chi connectivity index (χ1n) is 12.0. The van der Waals surface area contributed by atoms with E-state index in [4.69, 9.17) is 12.3 Å². The van der Waals surface area contributed by atoms with Gasteiger partial charge in [-0.05, 0) is 102 Å². The fourth-order valence-electron chi connectivity index (χ4n) is 3.85. The zero-order valence-corrected chi connectivity index (χ0v) is 31.5. The third kappa shape index (κ3) is 16.9. The largest absolute Gasteiger partial charge is 0.469 e. The van der Waals surface area contributed by atoms with Crippen molar-refractivity contribution in [3.05, 3.63) is 0 Å². The number of halogens is 3. The van der Waals surface area contributed by atoms with E-state index in [9.17, 15) is 4.80 Å². The molecular formula is C20H49Br3O4Si5. The minimum atomic E-state index is -2.90. The molecule has 194 valence electrons. The summed E-state index contributed by atoms with van der Waals surface area (Å²) in [4.78, 5) is 10.5. The number of rotatable bonds is 19. The summed E-state index contributed by atoms with van der Waals surface area (Å²) in [7, 11) is -10.9. The Kier molecular flexibility index (Phi) is 16.7. The Morgan fingerprint density at radius 3 is 1.06 bits per heavy atom. The van der Waals surface area contributed by atoms with Gasteiger partial charge in [0.25, 0.3) is 0 Å². The van der Waals surface area contributed by atoms with Gasteiger partial charge in [0.1, 0.15) is 0 Å². The highest BCUT2D eigenvalue weighted by molar-refractivity contribution is 9.09. The summed E-state index contributed by atoms with van der Waals surface area (Å²) in [5, 5.41) is 3.01. The standard InChI is InChI=1S/C20H49Br3O4Si5/c1-28(2,24)16-12-20-32(25-29(3,4)17-9-13-21,26-30(5,6)18-10-14-22)27-31(7,8)19-11-15-23/h24H,9-20H2,1-8H3. The minimum absolute atomic E-state index is 0.838. The van der Waals surface area contributed by atoms with Crippen molar-refractivity contribution in [2.45, 2.75) is 108 Å². The molecule has 0 saturated heterocycles. The molecule has 0 amide bonds. The van der Waals surface area contributed by atoms with E-state index in [2.05, 4.69) is 87.1 Å². The predicted molar refractivity (Wildman–Crippen MR) is 165 cm³/mol. The average Bonchev–Trinajstić information content (AvgIpc) is 2.60. The van der Waals surface area contributed by atoms with Crippen LogP contribution in [-0.4, -0.2) is 62.9 Å². The maximum Gasteiger partial charge on any atom is 0.469 e. The average molecular weight is 734 g/mol. The molecule has 0 unspecified atom stereocenters. The van der Waals surface area contributed by atoms with Crippen molar-refractivity contribution >= 4 is 89.9 Å². The summed E-state index contributed by atoms with van der Waals surface area (Å²) < 4.78 is 21.5. The van der Waals surface area contributed by atoms with E-state index in [-0.39, 0.29) is 0 Å². The van der Waals surface area contributed by atoms with Crippen molar-refractivity contribution in [2.24, 2.45) is 0 Å². The second kappa shape index (κ2) is 15.6. The van der Waals surface area contributed by atoms with Gasteiger partial charge in [-0.3, -0.25) is 0 Å². The monoisotopic (exact) mass is 730 g/mol. The second-order valence-electron chi connectivity index (χ2n) is 11.3. The highest BCUT2D eigenvalue weighted by Crippen LogP contribution is 2.35. The van der Waals surface area contributed by atoms with Crippen LogP contribution in [0.15, 0.2) is 0 Å². The number of alkyl halides is 3. The lowest BCUT2D eigenvalue weighted by Gasteiger charge is -2.45. The summed E-state index contributed by atoms with van der Waals surface area (Å²) in [6.45, 7) is 18.0. The SMILES string of the molecule is C[Si](C)(O)CCC[Si](O[Si](C)(C)CCCBr)(O[Si](C)(C)CCCBr)O[Si](C)(C)CCCBr. The molecule has 0 aliphatic carbocycles. The Bertz CT molecular complexity index is 465. The lowest BCUT2D eigenvalue weighted by molar-refractivity contribution is 0.246. The molecule has 0 aromatic carbocycles. The van der Waals surface area contributed by atoms with Crippen molar-refractivity contribution in [3.63, 3.8) is 0 Å². The fraction of sp³-hybridized carbons (Fsp3) is 1.00. The molecule has 0 heterocycles. The summed E-state index contributed by atoms with van der Waals surface area (Å²) >= 11 is 10.8. The molecule has 0 saturated carbocycles. The number of hydrogen-bond donors (Lipinski definition) is 1. The topological polar surface area (TPSA) is 47.9 Å². The van der Waals surface area contributed by atoms with Crippen LogP contribution in [0.25, 0.3) is 0 Å². The van der Waals surface area contributed by atoms with E-state index in [1.54, 1.807) is 0 Å². The van der Waals surface area contributed by atoms with Gasteiger partial charge < -0.3 is 17.1 Å². The van der Waals surface area contributed by atoms with Gasteiger partial charge in [0.15, 0.2) is 33.3 Å². The van der Waals surface area contributed by atoms with E-state index >= 15 is 0 Å². The molecular weight excluding hydrogens is 684 g/mol. The maximum absolute atomic E-state index is 10.5. The Morgan fingerprint density at radius 1 is 0.500 bits per heavy atom. The van der Waals surface area contributed by atoms with Gasteiger partial charge in [-0.2, -0.15) is 0 Å². The van der Waals surface area contributed by atoms with Crippen LogP contribution >= 0.6 is 47.8 Å². The molecule has 32 heavy (non-hydrogen) atoms.